The highest BCUT2D eigenvalue weighted by Crippen LogP contribution is 2.50. The third kappa shape index (κ3) is 12.9. The van der Waals surface area contributed by atoms with Gasteiger partial charge in [-0.3, -0.25) is 9.59 Å². The van der Waals surface area contributed by atoms with E-state index in [1.54, 1.807) is 26.2 Å². The molecule has 2 fully saturated rings. The van der Waals surface area contributed by atoms with Crippen LogP contribution in [0, 0.1) is 5.92 Å². The zero-order valence-electron chi connectivity index (χ0n) is 30.3. The molecule has 0 amide bonds. The van der Waals surface area contributed by atoms with Crippen LogP contribution in [0.25, 0.3) is 0 Å². The summed E-state index contributed by atoms with van der Waals surface area (Å²) in [5, 5.41) is 0. The number of benzene rings is 1. The highest BCUT2D eigenvalue weighted by molar-refractivity contribution is 5.83. The number of carbonyl (C=O) groups excluding carboxylic acids is 3. The summed E-state index contributed by atoms with van der Waals surface area (Å²) in [6.07, 6.45) is 12.7. The van der Waals surface area contributed by atoms with E-state index in [0.29, 0.717) is 44.0 Å². The standard InChI is InChI=1S/C40H56O10/c1-7-10-21-39(35(16-11-30(4)28-38(43)47-26-9-3)48-37(42)18-17-36(41)46-25-8-2)23-24-40(50-39)22-19-31(5)34(49-40)20-27-45-29-32-12-14-33(44-6)15-13-32/h8-9,11-16,28,31,34-35H,2-3,7,10,17-27,29H2,1,4-6H3/b16-11+,30-28+/t31-,34+,35-,39+,40-/m0/s1. The van der Waals surface area contributed by atoms with Gasteiger partial charge >= 0.3 is 17.9 Å². The van der Waals surface area contributed by atoms with Crippen LogP contribution in [0.4, 0.5) is 0 Å². The maximum atomic E-state index is 13.2. The molecule has 2 aliphatic rings. The van der Waals surface area contributed by atoms with Gasteiger partial charge in [-0.25, -0.2) is 4.79 Å². The molecule has 0 radical (unpaired) electrons. The Labute approximate surface area is 297 Å². The van der Waals surface area contributed by atoms with Crippen molar-refractivity contribution in [3.63, 3.8) is 0 Å². The lowest BCUT2D eigenvalue weighted by Crippen LogP contribution is -2.50. The smallest absolute Gasteiger partial charge is 0.331 e. The number of ether oxygens (including phenoxy) is 7. The lowest BCUT2D eigenvalue weighted by atomic mass is 9.85. The summed E-state index contributed by atoms with van der Waals surface area (Å²) in [7, 11) is 1.65. The fourth-order valence-electron chi connectivity index (χ4n) is 6.27. The summed E-state index contributed by atoms with van der Waals surface area (Å²) in [5.74, 6) is -1.25. The van der Waals surface area contributed by atoms with Gasteiger partial charge in [0, 0.05) is 25.5 Å². The maximum absolute atomic E-state index is 13.2. The number of carbonyl (C=O) groups is 3. The van der Waals surface area contributed by atoms with Gasteiger partial charge in [-0.05, 0) is 67.9 Å². The van der Waals surface area contributed by atoms with E-state index in [1.165, 1.54) is 18.2 Å². The Morgan fingerprint density at radius 2 is 1.74 bits per heavy atom. The molecule has 2 heterocycles. The van der Waals surface area contributed by atoms with Crippen LogP contribution in [0.1, 0.15) is 90.5 Å². The Balaban J connectivity index is 1.77. The van der Waals surface area contributed by atoms with E-state index in [0.717, 1.165) is 43.4 Å². The van der Waals surface area contributed by atoms with Crippen LogP contribution in [0.3, 0.4) is 0 Å². The van der Waals surface area contributed by atoms with E-state index < -0.39 is 35.4 Å². The van der Waals surface area contributed by atoms with Crippen molar-refractivity contribution in [2.75, 3.05) is 26.9 Å². The fraction of sp³-hybridized carbons (Fsp3) is 0.575. The highest BCUT2D eigenvalue weighted by atomic mass is 16.7. The average molecular weight is 697 g/mol. The minimum absolute atomic E-state index is 0.0635. The first-order valence-corrected chi connectivity index (χ1v) is 17.8. The topological polar surface area (TPSA) is 116 Å². The lowest BCUT2D eigenvalue weighted by molar-refractivity contribution is -0.310. The molecule has 0 aliphatic carbocycles. The molecule has 0 unspecified atom stereocenters. The van der Waals surface area contributed by atoms with Gasteiger partial charge < -0.3 is 33.2 Å². The number of hydrogen-bond donors (Lipinski definition) is 0. The Morgan fingerprint density at radius 3 is 2.44 bits per heavy atom. The Hall–Kier alpha value is -3.73. The van der Waals surface area contributed by atoms with Crippen molar-refractivity contribution in [1.29, 1.82) is 0 Å². The normalized spacial score (nSPS) is 24.1. The molecule has 0 bridgehead atoms. The molecule has 0 aromatic heterocycles. The minimum Gasteiger partial charge on any atom is -0.497 e. The van der Waals surface area contributed by atoms with Crippen molar-refractivity contribution in [2.24, 2.45) is 5.92 Å². The molecule has 276 valence electrons. The molecule has 3 rings (SSSR count). The van der Waals surface area contributed by atoms with E-state index in [4.69, 9.17) is 33.2 Å². The number of esters is 3. The van der Waals surface area contributed by atoms with Crippen molar-refractivity contribution >= 4 is 17.9 Å². The van der Waals surface area contributed by atoms with Crippen LogP contribution in [0.15, 0.2) is 73.4 Å². The molecule has 0 saturated carbocycles. The predicted octanol–water partition coefficient (Wildman–Crippen LogP) is 7.51. The van der Waals surface area contributed by atoms with E-state index in [9.17, 15) is 14.4 Å². The van der Waals surface area contributed by atoms with Gasteiger partial charge in [0.2, 0.25) is 0 Å². The number of allylic oxidation sites excluding steroid dienone is 2. The summed E-state index contributed by atoms with van der Waals surface area (Å²) in [5.41, 5.74) is 0.815. The second kappa shape index (κ2) is 20.8. The van der Waals surface area contributed by atoms with Crippen LogP contribution in [-0.4, -0.2) is 68.4 Å². The zero-order chi connectivity index (χ0) is 36.4. The first kappa shape index (κ1) is 40.7. The van der Waals surface area contributed by atoms with Crippen LogP contribution < -0.4 is 4.74 Å². The van der Waals surface area contributed by atoms with Gasteiger partial charge in [-0.15, -0.1) is 0 Å². The molecule has 1 aromatic rings. The summed E-state index contributed by atoms with van der Waals surface area (Å²) >= 11 is 0. The lowest BCUT2D eigenvalue weighted by Gasteiger charge is -2.44. The monoisotopic (exact) mass is 696 g/mol. The number of rotatable bonds is 21. The van der Waals surface area contributed by atoms with Crippen molar-refractivity contribution in [3.8, 4) is 5.75 Å². The first-order valence-electron chi connectivity index (χ1n) is 17.8. The van der Waals surface area contributed by atoms with Gasteiger partial charge in [0.1, 0.15) is 30.7 Å². The van der Waals surface area contributed by atoms with Crippen LogP contribution in [0.5, 0.6) is 5.75 Å². The molecule has 10 nitrogen and oxygen atoms in total. The molecular formula is C40H56O10. The summed E-state index contributed by atoms with van der Waals surface area (Å²) in [6.45, 7) is 14.4. The van der Waals surface area contributed by atoms with Crippen molar-refractivity contribution < 1.29 is 47.5 Å². The quantitative estimate of drug-likeness (QED) is 0.0319. The molecule has 50 heavy (non-hydrogen) atoms. The number of unbranched alkanes of at least 4 members (excludes halogenated alkanes) is 1. The van der Waals surface area contributed by atoms with E-state index >= 15 is 0 Å². The molecular weight excluding hydrogens is 640 g/mol. The zero-order valence-corrected chi connectivity index (χ0v) is 30.3. The van der Waals surface area contributed by atoms with E-state index in [-0.39, 0.29) is 32.2 Å². The van der Waals surface area contributed by atoms with Crippen LogP contribution >= 0.6 is 0 Å². The van der Waals surface area contributed by atoms with Crippen LogP contribution in [-0.2, 0) is 49.4 Å². The largest absolute Gasteiger partial charge is 0.497 e. The van der Waals surface area contributed by atoms with Gasteiger partial charge in [-0.1, -0.05) is 70.2 Å². The molecule has 5 atom stereocenters. The van der Waals surface area contributed by atoms with Crippen molar-refractivity contribution in [2.45, 2.75) is 115 Å². The minimum atomic E-state index is -0.870. The summed E-state index contributed by atoms with van der Waals surface area (Å²) < 4.78 is 41.4. The average Bonchev–Trinajstić information content (AvgIpc) is 3.48. The molecule has 1 aromatic carbocycles. The van der Waals surface area contributed by atoms with E-state index in [2.05, 4.69) is 27.0 Å². The predicted molar refractivity (Wildman–Crippen MR) is 190 cm³/mol. The molecule has 10 heteroatoms. The fourth-order valence-corrected chi connectivity index (χ4v) is 6.27. The van der Waals surface area contributed by atoms with Gasteiger partial charge in [0.15, 0.2) is 5.79 Å². The molecule has 0 N–H and O–H groups in total. The summed E-state index contributed by atoms with van der Waals surface area (Å²) in [4.78, 5) is 37.5. The van der Waals surface area contributed by atoms with Gasteiger partial charge in [0.25, 0.3) is 0 Å². The number of methoxy groups -OCH3 is 1. The third-order valence-electron chi connectivity index (χ3n) is 9.12. The van der Waals surface area contributed by atoms with Gasteiger partial charge in [0.05, 0.1) is 32.7 Å². The molecule has 2 saturated heterocycles. The molecule has 2 aliphatic heterocycles. The third-order valence-corrected chi connectivity index (χ3v) is 9.12. The van der Waals surface area contributed by atoms with Crippen molar-refractivity contribution in [1.82, 2.24) is 0 Å². The first-order chi connectivity index (χ1) is 24.1. The maximum Gasteiger partial charge on any atom is 0.331 e. The van der Waals surface area contributed by atoms with E-state index in [1.807, 2.05) is 24.3 Å². The highest BCUT2D eigenvalue weighted by Gasteiger charge is 2.56. The number of hydrogen-bond acceptors (Lipinski definition) is 10. The Morgan fingerprint density at radius 1 is 1.02 bits per heavy atom. The van der Waals surface area contributed by atoms with Gasteiger partial charge in [-0.2, -0.15) is 0 Å². The summed E-state index contributed by atoms with van der Waals surface area (Å²) in [6, 6.07) is 7.83. The van der Waals surface area contributed by atoms with Crippen molar-refractivity contribution in [3.05, 3.63) is 78.9 Å². The Bertz CT molecular complexity index is 1320. The van der Waals surface area contributed by atoms with Crippen LogP contribution in [0.2, 0.25) is 0 Å². The molecule has 1 spiro atoms. The second-order valence-electron chi connectivity index (χ2n) is 13.1. The SMILES string of the molecule is C=CCOC(=O)/C=C(C)/C=C/[C@H](OC(=O)CCC(=O)OCC=C)[C@@]1(CCCC)CC[C@]2(CC[C@H](C)[C@@H](CCOCc3ccc(OC)cc3)O2)O1. The Kier molecular flexibility index (Phi) is 17.0. The second-order valence-corrected chi connectivity index (χ2v) is 13.1.